The van der Waals surface area contributed by atoms with E-state index < -0.39 is 0 Å². The van der Waals surface area contributed by atoms with Crippen LogP contribution in [0.25, 0.3) is 5.65 Å². The normalized spacial score (nSPS) is 23.5. The number of hydrogen-bond acceptors (Lipinski definition) is 5. The van der Waals surface area contributed by atoms with Gasteiger partial charge in [-0.05, 0) is 38.6 Å². The quantitative estimate of drug-likeness (QED) is 0.836. The van der Waals surface area contributed by atoms with Gasteiger partial charge in [0.05, 0.1) is 0 Å². The number of fused-ring (bicyclic) bond motifs is 1. The molecule has 0 radical (unpaired) electrons. The number of imidazole rings is 1. The van der Waals surface area contributed by atoms with Crippen LogP contribution < -0.4 is 4.90 Å². The minimum absolute atomic E-state index is 0.649. The molecule has 2 aliphatic rings. The first-order chi connectivity index (χ1) is 11.8. The highest BCUT2D eigenvalue weighted by atomic mass is 15.3. The largest absolute Gasteiger partial charge is 0.352 e. The van der Waals surface area contributed by atoms with Gasteiger partial charge in [0, 0.05) is 45.0 Å². The third-order valence-corrected chi connectivity index (χ3v) is 5.35. The number of rotatable bonds is 2. The van der Waals surface area contributed by atoms with Gasteiger partial charge in [-0.2, -0.15) is 5.26 Å². The van der Waals surface area contributed by atoms with E-state index in [0.717, 1.165) is 37.6 Å². The minimum atomic E-state index is 0.649. The lowest BCUT2D eigenvalue weighted by Crippen LogP contribution is -2.54. The van der Waals surface area contributed by atoms with Gasteiger partial charge in [-0.15, -0.1) is 0 Å². The molecule has 0 saturated carbocycles. The second kappa shape index (κ2) is 6.42. The Labute approximate surface area is 142 Å². The Bertz CT molecular complexity index is 752. The van der Waals surface area contributed by atoms with Crippen LogP contribution in [0.5, 0.6) is 0 Å². The molecule has 0 unspecified atom stereocenters. The van der Waals surface area contributed by atoms with Crippen LogP contribution in [0.4, 0.5) is 5.82 Å². The number of hydrogen-bond donors (Lipinski definition) is 0. The number of pyridine rings is 1. The first kappa shape index (κ1) is 15.4. The van der Waals surface area contributed by atoms with Gasteiger partial charge < -0.3 is 9.80 Å². The van der Waals surface area contributed by atoms with Gasteiger partial charge in [0.1, 0.15) is 11.7 Å². The lowest BCUT2D eigenvalue weighted by molar-refractivity contribution is 0.106. The standard InChI is InChI=1S/C18H24N6/c1-21-7-4-5-15(14-21)22-9-11-23(12-10-22)18-16(13-19)24-8-3-2-6-17(24)20-18/h2-3,6,8,15H,4-5,7,9-12,14H2,1H3/t15-/m1/s1. The second-order valence-corrected chi connectivity index (χ2v) is 6.91. The number of likely N-dealkylation sites (N-methyl/N-ethyl adjacent to an activating group) is 1. The predicted molar refractivity (Wildman–Crippen MR) is 94.2 cm³/mol. The summed E-state index contributed by atoms with van der Waals surface area (Å²) in [7, 11) is 2.22. The summed E-state index contributed by atoms with van der Waals surface area (Å²) in [5, 5.41) is 9.57. The molecule has 2 aromatic heterocycles. The highest BCUT2D eigenvalue weighted by Gasteiger charge is 2.28. The molecule has 0 amide bonds. The van der Waals surface area contributed by atoms with E-state index >= 15 is 0 Å². The van der Waals surface area contributed by atoms with Crippen LogP contribution in [-0.4, -0.2) is 71.5 Å². The Morgan fingerprint density at radius 1 is 1.17 bits per heavy atom. The van der Waals surface area contributed by atoms with Crippen molar-refractivity contribution in [2.24, 2.45) is 0 Å². The third kappa shape index (κ3) is 2.74. The topological polar surface area (TPSA) is 50.8 Å². The molecule has 2 aliphatic heterocycles. The fourth-order valence-corrected chi connectivity index (χ4v) is 4.04. The molecule has 0 spiro atoms. The monoisotopic (exact) mass is 324 g/mol. The van der Waals surface area contributed by atoms with Crippen molar-refractivity contribution >= 4 is 11.5 Å². The van der Waals surface area contributed by atoms with E-state index in [-0.39, 0.29) is 0 Å². The molecule has 0 aliphatic carbocycles. The van der Waals surface area contributed by atoms with Crippen molar-refractivity contribution in [1.82, 2.24) is 19.2 Å². The van der Waals surface area contributed by atoms with Crippen LogP contribution in [0.15, 0.2) is 24.4 Å². The zero-order valence-electron chi connectivity index (χ0n) is 14.2. The summed E-state index contributed by atoms with van der Waals surface area (Å²) in [6.45, 7) is 6.40. The molecule has 126 valence electrons. The van der Waals surface area contributed by atoms with Gasteiger partial charge >= 0.3 is 0 Å². The van der Waals surface area contributed by atoms with Crippen molar-refractivity contribution in [2.45, 2.75) is 18.9 Å². The molecular formula is C18H24N6. The zero-order valence-corrected chi connectivity index (χ0v) is 14.2. The maximum atomic E-state index is 9.57. The highest BCUT2D eigenvalue weighted by Crippen LogP contribution is 2.24. The van der Waals surface area contributed by atoms with Gasteiger partial charge in [0.2, 0.25) is 0 Å². The molecule has 2 saturated heterocycles. The number of aromatic nitrogens is 2. The average molecular weight is 324 g/mol. The molecule has 4 rings (SSSR count). The third-order valence-electron chi connectivity index (χ3n) is 5.35. The van der Waals surface area contributed by atoms with Gasteiger partial charge in [0.15, 0.2) is 11.5 Å². The molecule has 24 heavy (non-hydrogen) atoms. The molecule has 2 fully saturated rings. The summed E-state index contributed by atoms with van der Waals surface area (Å²) in [5.74, 6) is 0.837. The van der Waals surface area contributed by atoms with Crippen LogP contribution in [0, 0.1) is 11.3 Å². The molecule has 0 aromatic carbocycles. The highest BCUT2D eigenvalue weighted by molar-refractivity contribution is 5.60. The second-order valence-electron chi connectivity index (χ2n) is 6.91. The van der Waals surface area contributed by atoms with Gasteiger partial charge in [0.25, 0.3) is 0 Å². The fourth-order valence-electron chi connectivity index (χ4n) is 4.04. The van der Waals surface area contributed by atoms with E-state index in [4.69, 9.17) is 4.98 Å². The van der Waals surface area contributed by atoms with Crippen molar-refractivity contribution in [2.75, 3.05) is 51.2 Å². The Balaban J connectivity index is 1.49. The molecular weight excluding hydrogens is 300 g/mol. The fraction of sp³-hybridized carbons (Fsp3) is 0.556. The summed E-state index contributed by atoms with van der Waals surface area (Å²) >= 11 is 0. The molecule has 0 N–H and O–H groups in total. The molecule has 4 heterocycles. The van der Waals surface area contributed by atoms with Crippen LogP contribution in [0.3, 0.4) is 0 Å². The van der Waals surface area contributed by atoms with Crippen LogP contribution in [-0.2, 0) is 0 Å². The van der Waals surface area contributed by atoms with Crippen LogP contribution in [0.2, 0.25) is 0 Å². The maximum absolute atomic E-state index is 9.57. The van der Waals surface area contributed by atoms with E-state index in [1.807, 2.05) is 28.8 Å². The summed E-state index contributed by atoms with van der Waals surface area (Å²) in [4.78, 5) is 12.0. The number of nitrogens with zero attached hydrogens (tertiary/aromatic N) is 6. The molecule has 2 aromatic rings. The Morgan fingerprint density at radius 2 is 2.00 bits per heavy atom. The van der Waals surface area contributed by atoms with Crippen molar-refractivity contribution in [3.63, 3.8) is 0 Å². The molecule has 6 heteroatoms. The van der Waals surface area contributed by atoms with Crippen LogP contribution in [0.1, 0.15) is 18.5 Å². The summed E-state index contributed by atoms with van der Waals surface area (Å²) in [5.41, 5.74) is 1.50. The molecule has 6 nitrogen and oxygen atoms in total. The summed E-state index contributed by atoms with van der Waals surface area (Å²) < 4.78 is 1.89. The lowest BCUT2D eigenvalue weighted by Gasteiger charge is -2.42. The van der Waals surface area contributed by atoms with E-state index in [9.17, 15) is 5.26 Å². The molecule has 0 bridgehead atoms. The first-order valence-electron chi connectivity index (χ1n) is 8.81. The number of likely N-dealkylation sites (tertiary alicyclic amines) is 1. The zero-order chi connectivity index (χ0) is 16.5. The summed E-state index contributed by atoms with van der Waals surface area (Å²) in [6, 6.07) is 8.88. The SMILES string of the molecule is CN1CCC[C@@H](N2CCN(c3nc4ccccn4c3C#N)CC2)C1. The number of nitriles is 1. The molecule has 1 atom stereocenters. The van der Waals surface area contributed by atoms with Crippen LogP contribution >= 0.6 is 0 Å². The van der Waals surface area contributed by atoms with Crippen molar-refractivity contribution in [3.05, 3.63) is 30.1 Å². The number of anilines is 1. The average Bonchev–Trinajstić information content (AvgIpc) is 3.00. The van der Waals surface area contributed by atoms with E-state index in [2.05, 4.69) is 27.8 Å². The Morgan fingerprint density at radius 3 is 2.75 bits per heavy atom. The van der Waals surface area contributed by atoms with Crippen molar-refractivity contribution < 1.29 is 0 Å². The predicted octanol–water partition coefficient (Wildman–Crippen LogP) is 1.42. The van der Waals surface area contributed by atoms with Gasteiger partial charge in [-0.3, -0.25) is 9.30 Å². The summed E-state index contributed by atoms with van der Waals surface area (Å²) in [6.07, 6.45) is 4.52. The van der Waals surface area contributed by atoms with Crippen molar-refractivity contribution in [1.29, 1.82) is 5.26 Å². The van der Waals surface area contributed by atoms with E-state index in [1.165, 1.54) is 25.9 Å². The minimum Gasteiger partial charge on any atom is -0.352 e. The first-order valence-corrected chi connectivity index (χ1v) is 8.81. The Kier molecular flexibility index (Phi) is 4.13. The lowest BCUT2D eigenvalue weighted by atomic mass is 10.0. The number of piperazine rings is 1. The smallest absolute Gasteiger partial charge is 0.169 e. The number of piperidine rings is 1. The maximum Gasteiger partial charge on any atom is 0.169 e. The van der Waals surface area contributed by atoms with Gasteiger partial charge in [-0.25, -0.2) is 4.98 Å². The van der Waals surface area contributed by atoms with E-state index in [1.54, 1.807) is 0 Å². The van der Waals surface area contributed by atoms with E-state index in [0.29, 0.717) is 11.7 Å². The van der Waals surface area contributed by atoms with Crippen molar-refractivity contribution in [3.8, 4) is 6.07 Å². The Hall–Kier alpha value is -2.10. The van der Waals surface area contributed by atoms with Gasteiger partial charge in [-0.1, -0.05) is 6.07 Å².